The second-order valence-corrected chi connectivity index (χ2v) is 15.8. The largest absolute Gasteiger partial charge is 0.394 e. The average molecular weight is 768 g/mol. The summed E-state index contributed by atoms with van der Waals surface area (Å²) in [7, 11) is 0. The molecule has 0 spiro atoms. The predicted molar refractivity (Wildman–Crippen MR) is 221 cm³/mol. The number of amides is 1. The lowest BCUT2D eigenvalue weighted by molar-refractivity contribution is -0.302. The topological polar surface area (TPSA) is 149 Å². The van der Waals surface area contributed by atoms with Gasteiger partial charge in [-0.15, -0.1) is 0 Å². The minimum atomic E-state index is -1.57. The molecule has 1 saturated heterocycles. The fourth-order valence-corrected chi connectivity index (χ4v) is 7.11. The highest BCUT2D eigenvalue weighted by atomic mass is 16.7. The fraction of sp³-hybridized carbons (Fsp3) is 0.889. The Hall–Kier alpha value is -1.33. The van der Waals surface area contributed by atoms with Gasteiger partial charge in [-0.3, -0.25) is 4.79 Å². The van der Waals surface area contributed by atoms with Crippen molar-refractivity contribution in [2.24, 2.45) is 0 Å². The molecule has 7 atom stereocenters. The fourth-order valence-electron chi connectivity index (χ4n) is 7.11. The van der Waals surface area contributed by atoms with Gasteiger partial charge in [0.15, 0.2) is 6.29 Å². The van der Waals surface area contributed by atoms with E-state index in [1.54, 1.807) is 6.08 Å². The molecule has 0 aromatic rings. The number of hydrogen-bond acceptors (Lipinski definition) is 8. The minimum absolute atomic E-state index is 0.186. The van der Waals surface area contributed by atoms with Crippen LogP contribution in [0.2, 0.25) is 0 Å². The van der Waals surface area contributed by atoms with Gasteiger partial charge in [0.05, 0.1) is 25.4 Å². The number of hydrogen-bond donors (Lipinski definition) is 6. The Morgan fingerprint density at radius 3 is 1.56 bits per heavy atom. The summed E-state index contributed by atoms with van der Waals surface area (Å²) >= 11 is 0. The highest BCUT2D eigenvalue weighted by Crippen LogP contribution is 2.22. The van der Waals surface area contributed by atoms with Gasteiger partial charge in [-0.1, -0.05) is 186 Å². The Balaban J connectivity index is 2.39. The van der Waals surface area contributed by atoms with Crippen LogP contribution in [-0.4, -0.2) is 87.5 Å². The molecule has 318 valence electrons. The summed E-state index contributed by atoms with van der Waals surface area (Å²) in [6, 6.07) is -0.815. The molecule has 7 unspecified atom stereocenters. The van der Waals surface area contributed by atoms with Crippen LogP contribution in [0.3, 0.4) is 0 Å². The van der Waals surface area contributed by atoms with Crippen LogP contribution < -0.4 is 5.32 Å². The summed E-state index contributed by atoms with van der Waals surface area (Å²) in [6.45, 7) is 3.75. The van der Waals surface area contributed by atoms with Gasteiger partial charge in [-0.05, 0) is 32.1 Å². The number of aliphatic hydroxyl groups excluding tert-OH is 5. The molecule has 54 heavy (non-hydrogen) atoms. The Bertz CT molecular complexity index is 899. The van der Waals surface area contributed by atoms with E-state index in [2.05, 4.69) is 31.3 Å². The number of nitrogens with one attached hydrogen (secondary N) is 1. The van der Waals surface area contributed by atoms with Gasteiger partial charge in [0, 0.05) is 6.42 Å². The lowest BCUT2D eigenvalue weighted by atomic mass is 9.99. The Morgan fingerprint density at radius 2 is 1.06 bits per heavy atom. The SMILES string of the molecule is CCCCCCCCCCCCCC/C=C/CC/C=C/C(O)C(COC1OC(CO)C(O)C(O)C1O)NC(=O)CCCCCCCCCCCCCCC. The molecule has 1 aliphatic rings. The third kappa shape index (κ3) is 26.5. The quantitative estimate of drug-likeness (QED) is 0.0271. The zero-order chi connectivity index (χ0) is 39.5. The molecule has 1 amide bonds. The van der Waals surface area contributed by atoms with Crippen LogP contribution in [0.25, 0.3) is 0 Å². The molecular formula is C45H85NO8. The minimum Gasteiger partial charge on any atom is -0.394 e. The van der Waals surface area contributed by atoms with E-state index in [0.29, 0.717) is 6.42 Å². The third-order valence-corrected chi connectivity index (χ3v) is 10.8. The molecule has 0 aromatic heterocycles. The summed E-state index contributed by atoms with van der Waals surface area (Å²) in [5.41, 5.74) is 0. The first-order valence-corrected chi connectivity index (χ1v) is 22.6. The van der Waals surface area contributed by atoms with Crippen molar-refractivity contribution in [3.05, 3.63) is 24.3 Å². The van der Waals surface area contributed by atoms with E-state index in [1.807, 2.05) is 6.08 Å². The van der Waals surface area contributed by atoms with Crippen molar-refractivity contribution in [3.8, 4) is 0 Å². The maximum absolute atomic E-state index is 12.9. The summed E-state index contributed by atoms with van der Waals surface area (Å²) in [5, 5.41) is 54.1. The predicted octanol–water partition coefficient (Wildman–Crippen LogP) is 9.11. The standard InChI is InChI=1S/C45H85NO8/c1-3-5-7-9-11-13-15-17-18-19-20-21-23-24-26-28-30-32-34-39(48)38(37-53-45-44(52)43(51)42(50)40(36-47)54-45)46-41(49)35-33-31-29-27-25-22-16-14-12-10-8-6-4-2/h24,26,32,34,38-40,42-45,47-48,50-52H,3-23,25,27-31,33,35-37H2,1-2H3,(H,46,49)/b26-24+,34-32+. The van der Waals surface area contributed by atoms with Gasteiger partial charge < -0.3 is 40.3 Å². The van der Waals surface area contributed by atoms with E-state index in [0.717, 1.165) is 38.5 Å². The molecule has 0 saturated carbocycles. The van der Waals surface area contributed by atoms with Crippen molar-refractivity contribution >= 4 is 5.91 Å². The number of rotatable bonds is 37. The highest BCUT2D eigenvalue weighted by Gasteiger charge is 2.44. The third-order valence-electron chi connectivity index (χ3n) is 10.8. The Kier molecular flexibility index (Phi) is 33.8. The maximum atomic E-state index is 12.9. The van der Waals surface area contributed by atoms with E-state index in [-0.39, 0.29) is 12.5 Å². The van der Waals surface area contributed by atoms with Gasteiger partial charge in [0.25, 0.3) is 0 Å². The molecule has 0 aliphatic carbocycles. The summed E-state index contributed by atoms with van der Waals surface area (Å²) < 4.78 is 11.2. The van der Waals surface area contributed by atoms with Gasteiger partial charge in [-0.25, -0.2) is 0 Å². The molecule has 0 aromatic carbocycles. The molecule has 1 rings (SSSR count). The van der Waals surface area contributed by atoms with E-state index in [9.17, 15) is 30.3 Å². The molecule has 1 aliphatic heterocycles. The van der Waals surface area contributed by atoms with Crippen molar-refractivity contribution in [1.29, 1.82) is 0 Å². The van der Waals surface area contributed by atoms with Crippen LogP contribution in [0.4, 0.5) is 0 Å². The molecule has 1 fully saturated rings. The zero-order valence-corrected chi connectivity index (χ0v) is 34.7. The molecule has 0 bridgehead atoms. The summed E-state index contributed by atoms with van der Waals surface area (Å²) in [4.78, 5) is 12.9. The normalized spacial score (nSPS) is 21.6. The first kappa shape index (κ1) is 50.7. The number of carbonyl (C=O) groups is 1. The van der Waals surface area contributed by atoms with Crippen LogP contribution in [0.5, 0.6) is 0 Å². The smallest absolute Gasteiger partial charge is 0.220 e. The van der Waals surface area contributed by atoms with Crippen molar-refractivity contribution in [3.63, 3.8) is 0 Å². The maximum Gasteiger partial charge on any atom is 0.220 e. The van der Waals surface area contributed by atoms with E-state index < -0.39 is 49.5 Å². The molecule has 6 N–H and O–H groups in total. The first-order chi connectivity index (χ1) is 26.3. The summed E-state index contributed by atoms with van der Waals surface area (Å²) in [5.74, 6) is -0.186. The Labute approximate surface area is 330 Å². The van der Waals surface area contributed by atoms with E-state index >= 15 is 0 Å². The van der Waals surface area contributed by atoms with E-state index in [1.165, 1.54) is 141 Å². The molecular weight excluding hydrogens is 682 g/mol. The van der Waals surface area contributed by atoms with E-state index in [4.69, 9.17) is 9.47 Å². The van der Waals surface area contributed by atoms with Crippen molar-refractivity contribution in [2.75, 3.05) is 13.2 Å². The van der Waals surface area contributed by atoms with Crippen LogP contribution in [0.15, 0.2) is 24.3 Å². The Morgan fingerprint density at radius 1 is 0.611 bits per heavy atom. The van der Waals surface area contributed by atoms with Crippen molar-refractivity contribution < 1.29 is 39.8 Å². The van der Waals surface area contributed by atoms with Crippen LogP contribution in [0, 0.1) is 0 Å². The van der Waals surface area contributed by atoms with Gasteiger partial charge >= 0.3 is 0 Å². The molecule has 9 nitrogen and oxygen atoms in total. The van der Waals surface area contributed by atoms with Crippen LogP contribution in [0.1, 0.15) is 200 Å². The average Bonchev–Trinajstić information content (AvgIpc) is 3.17. The monoisotopic (exact) mass is 768 g/mol. The van der Waals surface area contributed by atoms with Gasteiger partial charge in [0.2, 0.25) is 5.91 Å². The number of carbonyl (C=O) groups excluding carboxylic acids is 1. The van der Waals surface area contributed by atoms with Crippen LogP contribution in [-0.2, 0) is 14.3 Å². The zero-order valence-electron chi connectivity index (χ0n) is 34.7. The second-order valence-electron chi connectivity index (χ2n) is 15.8. The number of aliphatic hydroxyl groups is 5. The van der Waals surface area contributed by atoms with Crippen molar-refractivity contribution in [2.45, 2.75) is 243 Å². The van der Waals surface area contributed by atoms with Crippen LogP contribution >= 0.6 is 0 Å². The molecule has 9 heteroatoms. The van der Waals surface area contributed by atoms with Gasteiger partial charge in [-0.2, -0.15) is 0 Å². The number of ether oxygens (including phenoxy) is 2. The van der Waals surface area contributed by atoms with Gasteiger partial charge in [0.1, 0.15) is 24.4 Å². The van der Waals surface area contributed by atoms with Crippen molar-refractivity contribution in [1.82, 2.24) is 5.32 Å². The lowest BCUT2D eigenvalue weighted by Crippen LogP contribution is -2.60. The summed E-state index contributed by atoms with van der Waals surface area (Å²) in [6.07, 6.45) is 35.1. The molecule has 1 heterocycles. The second kappa shape index (κ2) is 36.0. The first-order valence-electron chi connectivity index (χ1n) is 22.6. The highest BCUT2D eigenvalue weighted by molar-refractivity contribution is 5.76. The lowest BCUT2D eigenvalue weighted by Gasteiger charge is -2.40. The number of allylic oxidation sites excluding steroid dienone is 3. The molecule has 0 radical (unpaired) electrons. The number of unbranched alkanes of at least 4 members (excludes halogenated alkanes) is 25.